The van der Waals surface area contributed by atoms with E-state index in [4.69, 9.17) is 10.7 Å². The number of fused-ring (bicyclic) bond motifs is 2. The topological polar surface area (TPSA) is 198 Å². The van der Waals surface area contributed by atoms with Gasteiger partial charge < -0.3 is 30.7 Å². The second kappa shape index (κ2) is 15.4. The number of likely N-dealkylation sites (tertiary alicyclic amines) is 1. The fourth-order valence-corrected chi connectivity index (χ4v) is 11.1. The third kappa shape index (κ3) is 6.80. The van der Waals surface area contributed by atoms with E-state index in [1.165, 1.54) is 5.56 Å². The van der Waals surface area contributed by atoms with Crippen LogP contribution in [0.25, 0.3) is 0 Å². The predicted molar refractivity (Wildman–Crippen MR) is 229 cm³/mol. The van der Waals surface area contributed by atoms with Gasteiger partial charge >= 0.3 is 6.03 Å². The standard InChI is InChI=1S/C45H53N11O6/c1-45(16-19-52(20-17-45)30-24-54(25-30)28-12-13-31-32(21-28)43(61)56(42(31)60)35-14-15-37(57)50-41(35)59)26-8-10-27(11-9-26)48-40-38(39(46)58)47-22-36(49-40)53-18-4-5-29(23-53)55-34-7-3-6-33(34)51(2)44(55)62/h8-13,21-22,29-30,33-35H,3-7,14-20,23-25H2,1-2H3,(H2,46,58)(H,48,49)(H,50,57,59). The fourth-order valence-electron chi connectivity index (χ4n) is 11.1. The van der Waals surface area contributed by atoms with Crippen molar-refractivity contribution in [3.63, 3.8) is 0 Å². The molecule has 17 heteroatoms. The highest BCUT2D eigenvalue weighted by molar-refractivity contribution is 6.23. The van der Waals surface area contributed by atoms with E-state index in [1.54, 1.807) is 18.3 Å². The van der Waals surface area contributed by atoms with E-state index in [0.717, 1.165) is 93.9 Å². The van der Waals surface area contributed by atoms with Crippen molar-refractivity contribution in [2.45, 2.75) is 100 Å². The summed E-state index contributed by atoms with van der Waals surface area (Å²) in [5, 5.41) is 5.57. The summed E-state index contributed by atoms with van der Waals surface area (Å²) in [5.74, 6) is -1.72. The molecule has 6 fully saturated rings. The lowest BCUT2D eigenvalue weighted by Gasteiger charge is -2.50. The van der Waals surface area contributed by atoms with Gasteiger partial charge in [-0.15, -0.1) is 0 Å². The van der Waals surface area contributed by atoms with Crippen LogP contribution < -0.4 is 26.2 Å². The molecule has 62 heavy (non-hydrogen) atoms. The van der Waals surface area contributed by atoms with Crippen molar-refractivity contribution in [2.75, 3.05) is 61.4 Å². The molecule has 4 N–H and O–H groups in total. The highest BCUT2D eigenvalue weighted by Gasteiger charge is 2.50. The van der Waals surface area contributed by atoms with E-state index >= 15 is 0 Å². The van der Waals surface area contributed by atoms with E-state index < -0.39 is 35.6 Å². The summed E-state index contributed by atoms with van der Waals surface area (Å²) in [6, 6.07) is 13.8. The molecule has 7 heterocycles. The Kier molecular flexibility index (Phi) is 9.91. The molecule has 4 atom stereocenters. The molecule has 0 spiro atoms. The first kappa shape index (κ1) is 40.0. The first-order valence-electron chi connectivity index (χ1n) is 22.1. The molecule has 0 radical (unpaired) electrons. The van der Waals surface area contributed by atoms with E-state index in [-0.39, 0.29) is 47.6 Å². The monoisotopic (exact) mass is 843 g/mol. The number of aromatic nitrogens is 2. The van der Waals surface area contributed by atoms with Gasteiger partial charge in [-0.3, -0.25) is 39.1 Å². The number of nitrogens with two attached hydrogens (primary N) is 1. The molecule has 324 valence electrons. The number of piperidine rings is 3. The number of urea groups is 1. The van der Waals surface area contributed by atoms with Crippen LogP contribution in [0.2, 0.25) is 0 Å². The summed E-state index contributed by atoms with van der Waals surface area (Å²) >= 11 is 0. The molecular formula is C45H53N11O6. The summed E-state index contributed by atoms with van der Waals surface area (Å²) in [6.07, 6.45) is 8.91. The maximum Gasteiger partial charge on any atom is 0.320 e. The maximum absolute atomic E-state index is 13.4. The van der Waals surface area contributed by atoms with Crippen molar-refractivity contribution in [2.24, 2.45) is 5.73 Å². The van der Waals surface area contributed by atoms with Gasteiger partial charge in [-0.05, 0) is 106 Å². The van der Waals surface area contributed by atoms with Gasteiger partial charge in [0, 0.05) is 57.1 Å². The molecule has 7 aliphatic rings. The highest BCUT2D eigenvalue weighted by Crippen LogP contribution is 2.40. The van der Waals surface area contributed by atoms with Crippen LogP contribution in [-0.2, 0) is 15.0 Å². The van der Waals surface area contributed by atoms with Crippen molar-refractivity contribution < 1.29 is 28.8 Å². The van der Waals surface area contributed by atoms with Crippen molar-refractivity contribution in [3.8, 4) is 0 Å². The molecule has 3 aromatic rings. The quantitative estimate of drug-likeness (QED) is 0.267. The van der Waals surface area contributed by atoms with Gasteiger partial charge in [0.1, 0.15) is 11.9 Å². The van der Waals surface area contributed by atoms with E-state index in [0.29, 0.717) is 35.8 Å². The van der Waals surface area contributed by atoms with Gasteiger partial charge in [0.25, 0.3) is 17.7 Å². The Morgan fingerprint density at radius 3 is 2.31 bits per heavy atom. The number of carbonyl (C=O) groups is 6. The number of nitrogens with zero attached hydrogens (tertiary/aromatic N) is 8. The van der Waals surface area contributed by atoms with Gasteiger partial charge in [0.2, 0.25) is 11.8 Å². The Hall–Kier alpha value is -6.10. The Morgan fingerprint density at radius 2 is 1.56 bits per heavy atom. The lowest BCUT2D eigenvalue weighted by molar-refractivity contribution is -0.136. The number of carbonyl (C=O) groups excluding carboxylic acids is 6. The van der Waals surface area contributed by atoms with Crippen LogP contribution in [0.15, 0.2) is 48.7 Å². The average Bonchev–Trinajstić information content (AvgIpc) is 3.89. The molecule has 4 unspecified atom stereocenters. The summed E-state index contributed by atoms with van der Waals surface area (Å²) < 4.78 is 0. The zero-order valence-electron chi connectivity index (χ0n) is 35.2. The number of anilines is 4. The SMILES string of the molecule is CN1C(=O)N(C2CCCN(c3cnc(C(N)=O)c(Nc4ccc(C5(C)CCN(C6CN(c7ccc8c(c7)C(=O)N(C7CCC(=O)NC7=O)C8=O)C6)CC5)cc4)n3)C2)C2CCCC21. The molecular weight excluding hydrogens is 791 g/mol. The van der Waals surface area contributed by atoms with E-state index in [2.05, 4.69) is 54.3 Å². The minimum absolute atomic E-state index is 0.0211. The average molecular weight is 844 g/mol. The zero-order chi connectivity index (χ0) is 43.0. The van der Waals surface area contributed by atoms with Gasteiger partial charge in [0.05, 0.1) is 35.4 Å². The summed E-state index contributed by atoms with van der Waals surface area (Å²) in [5.41, 5.74) is 9.28. The van der Waals surface area contributed by atoms with Crippen molar-refractivity contribution in [3.05, 3.63) is 71.0 Å². The normalized spacial score (nSPS) is 26.5. The molecule has 1 saturated carbocycles. The number of benzene rings is 2. The molecule has 1 aromatic heterocycles. The lowest BCUT2D eigenvalue weighted by atomic mass is 9.74. The zero-order valence-corrected chi connectivity index (χ0v) is 35.2. The van der Waals surface area contributed by atoms with Crippen molar-refractivity contribution >= 4 is 58.6 Å². The summed E-state index contributed by atoms with van der Waals surface area (Å²) in [6.45, 7) is 7.25. The van der Waals surface area contributed by atoms with E-state index in [1.807, 2.05) is 30.1 Å². The summed E-state index contributed by atoms with van der Waals surface area (Å²) in [4.78, 5) is 97.8. The largest absolute Gasteiger partial charge is 0.368 e. The third-order valence-electron chi connectivity index (χ3n) is 14.8. The molecule has 17 nitrogen and oxygen atoms in total. The van der Waals surface area contributed by atoms with Crippen molar-refractivity contribution in [1.82, 2.24) is 34.9 Å². The summed E-state index contributed by atoms with van der Waals surface area (Å²) in [7, 11) is 1.93. The number of amides is 7. The fraction of sp³-hybridized carbons (Fsp3) is 0.511. The number of imide groups is 2. The Labute approximate surface area is 359 Å². The number of nitrogens with one attached hydrogen (secondary N) is 2. The van der Waals surface area contributed by atoms with Gasteiger partial charge in [-0.25, -0.2) is 14.8 Å². The lowest BCUT2D eigenvalue weighted by Crippen LogP contribution is -2.61. The minimum Gasteiger partial charge on any atom is -0.368 e. The first-order valence-corrected chi connectivity index (χ1v) is 22.1. The number of hydrogen-bond acceptors (Lipinski definition) is 12. The second-order valence-electron chi connectivity index (χ2n) is 18.4. The number of primary amides is 1. The molecule has 10 rings (SSSR count). The van der Waals surface area contributed by atoms with Crippen LogP contribution >= 0.6 is 0 Å². The Bertz CT molecular complexity index is 2360. The maximum atomic E-state index is 13.4. The highest BCUT2D eigenvalue weighted by atomic mass is 16.2. The van der Waals surface area contributed by atoms with Crippen LogP contribution in [0, 0.1) is 0 Å². The Morgan fingerprint density at radius 1 is 0.839 bits per heavy atom. The van der Waals surface area contributed by atoms with Crippen LogP contribution in [0.3, 0.4) is 0 Å². The minimum atomic E-state index is -0.984. The molecule has 1 aliphatic carbocycles. The smallest absolute Gasteiger partial charge is 0.320 e. The molecule has 0 bridgehead atoms. The molecule has 5 saturated heterocycles. The molecule has 7 amide bonds. The van der Waals surface area contributed by atoms with E-state index in [9.17, 15) is 28.8 Å². The van der Waals surface area contributed by atoms with Crippen LogP contribution in [0.4, 0.5) is 27.8 Å². The van der Waals surface area contributed by atoms with Crippen LogP contribution in [0.5, 0.6) is 0 Å². The third-order valence-corrected chi connectivity index (χ3v) is 14.8. The van der Waals surface area contributed by atoms with Crippen LogP contribution in [-0.4, -0.2) is 142 Å². The number of rotatable bonds is 9. The Balaban J connectivity index is 0.748. The van der Waals surface area contributed by atoms with Crippen molar-refractivity contribution in [1.29, 1.82) is 0 Å². The second-order valence-corrected chi connectivity index (χ2v) is 18.4. The number of hydrogen-bond donors (Lipinski definition) is 3. The van der Waals surface area contributed by atoms with Gasteiger partial charge in [0.15, 0.2) is 11.5 Å². The van der Waals surface area contributed by atoms with Crippen LogP contribution in [0.1, 0.15) is 101 Å². The molecule has 2 aromatic carbocycles. The first-order chi connectivity index (χ1) is 29.9. The number of likely N-dealkylation sites (N-methyl/N-ethyl adjacent to an activating group) is 1. The molecule has 6 aliphatic heterocycles. The van der Waals surface area contributed by atoms with Gasteiger partial charge in [-0.2, -0.15) is 0 Å². The van der Waals surface area contributed by atoms with Gasteiger partial charge in [-0.1, -0.05) is 19.1 Å². The predicted octanol–water partition coefficient (Wildman–Crippen LogP) is 3.22.